The summed E-state index contributed by atoms with van der Waals surface area (Å²) < 4.78 is 28.9. The molecule has 2 N–H and O–H groups in total. The van der Waals surface area contributed by atoms with Gasteiger partial charge in [0, 0.05) is 30.2 Å². The molecule has 2 aliphatic heterocycles. The molecule has 0 aromatic heterocycles. The van der Waals surface area contributed by atoms with Crippen LogP contribution in [0.1, 0.15) is 37.7 Å². The summed E-state index contributed by atoms with van der Waals surface area (Å²) in [4.78, 5) is 13.9. The number of aryl methyl sites for hydroxylation is 1. The monoisotopic (exact) mass is 433 g/mol. The van der Waals surface area contributed by atoms with E-state index in [1.807, 2.05) is 6.07 Å². The number of sulfonamides is 1. The molecule has 1 fully saturated rings. The van der Waals surface area contributed by atoms with Gasteiger partial charge in [0.2, 0.25) is 5.91 Å². The summed E-state index contributed by atoms with van der Waals surface area (Å²) in [6.45, 7) is 1.80. The van der Waals surface area contributed by atoms with Crippen LogP contribution in [0.5, 0.6) is 0 Å². The molecule has 0 radical (unpaired) electrons. The maximum Gasteiger partial charge on any atom is 0.261 e. The average Bonchev–Trinajstić information content (AvgIpc) is 2.97. The Hall–Kier alpha value is -2.25. The van der Waals surface area contributed by atoms with Crippen LogP contribution in [-0.2, 0) is 21.2 Å². The standard InChI is InChI=1S/C21H24ClN3O3S/c22-16-6-9-20(25-11-3-1-2-4-12-25)19(14-16)24-29(27,28)17-7-8-18-15(13-17)5-10-21(26)23-18/h6-9,13-14,24H,1-5,10-12H2,(H,23,26). The fourth-order valence-electron chi connectivity index (χ4n) is 3.91. The van der Waals surface area contributed by atoms with E-state index in [9.17, 15) is 13.2 Å². The first-order chi connectivity index (χ1) is 13.9. The number of nitrogens with one attached hydrogen (secondary N) is 2. The zero-order valence-electron chi connectivity index (χ0n) is 16.1. The lowest BCUT2D eigenvalue weighted by atomic mass is 10.0. The molecular formula is C21H24ClN3O3S. The lowest BCUT2D eigenvalue weighted by molar-refractivity contribution is -0.116. The third-order valence-corrected chi connectivity index (χ3v) is 7.03. The van der Waals surface area contributed by atoms with E-state index >= 15 is 0 Å². The van der Waals surface area contributed by atoms with Gasteiger partial charge in [0.05, 0.1) is 16.3 Å². The van der Waals surface area contributed by atoms with Gasteiger partial charge in [-0.05, 0) is 61.2 Å². The summed E-state index contributed by atoms with van der Waals surface area (Å²) in [5, 5.41) is 3.26. The maximum absolute atomic E-state index is 13.1. The molecular weight excluding hydrogens is 410 g/mol. The highest BCUT2D eigenvalue weighted by Crippen LogP contribution is 2.33. The molecule has 0 spiro atoms. The predicted octanol–water partition coefficient (Wildman–Crippen LogP) is 4.41. The molecule has 2 aromatic rings. The molecule has 2 heterocycles. The van der Waals surface area contributed by atoms with E-state index < -0.39 is 10.0 Å². The van der Waals surface area contributed by atoms with Gasteiger partial charge in [-0.25, -0.2) is 8.42 Å². The Kier molecular flexibility index (Phi) is 5.69. The van der Waals surface area contributed by atoms with Crippen LogP contribution in [-0.4, -0.2) is 27.4 Å². The Labute approximate surface area is 176 Å². The SMILES string of the molecule is O=C1CCc2cc(S(=O)(=O)Nc3cc(Cl)ccc3N3CCCCCC3)ccc2N1. The molecule has 8 heteroatoms. The van der Waals surface area contributed by atoms with Gasteiger partial charge in [-0.3, -0.25) is 9.52 Å². The van der Waals surface area contributed by atoms with Gasteiger partial charge in [-0.1, -0.05) is 24.4 Å². The van der Waals surface area contributed by atoms with E-state index in [1.54, 1.807) is 24.3 Å². The van der Waals surface area contributed by atoms with Gasteiger partial charge in [-0.15, -0.1) is 0 Å². The number of halogens is 1. The summed E-state index contributed by atoms with van der Waals surface area (Å²) >= 11 is 6.18. The largest absolute Gasteiger partial charge is 0.370 e. The fraction of sp³-hybridized carbons (Fsp3) is 0.381. The average molecular weight is 434 g/mol. The summed E-state index contributed by atoms with van der Waals surface area (Å²) in [6.07, 6.45) is 5.45. The molecule has 1 saturated heterocycles. The number of carbonyl (C=O) groups is 1. The molecule has 2 aromatic carbocycles. The van der Waals surface area contributed by atoms with Crippen molar-refractivity contribution < 1.29 is 13.2 Å². The summed E-state index contributed by atoms with van der Waals surface area (Å²) in [7, 11) is -3.80. The summed E-state index contributed by atoms with van der Waals surface area (Å²) in [6, 6.07) is 10.1. The first-order valence-electron chi connectivity index (χ1n) is 9.92. The first kappa shape index (κ1) is 20.0. The Balaban J connectivity index is 1.64. The Bertz CT molecular complexity index is 1030. The molecule has 6 nitrogen and oxygen atoms in total. The van der Waals surface area contributed by atoms with Crippen LogP contribution >= 0.6 is 11.6 Å². The topological polar surface area (TPSA) is 78.5 Å². The molecule has 0 saturated carbocycles. The zero-order chi connectivity index (χ0) is 20.4. The van der Waals surface area contributed by atoms with Crippen LogP contribution in [0.3, 0.4) is 0 Å². The minimum atomic E-state index is -3.80. The molecule has 154 valence electrons. The number of hydrogen-bond donors (Lipinski definition) is 2. The molecule has 4 rings (SSSR count). The zero-order valence-corrected chi connectivity index (χ0v) is 17.7. The van der Waals surface area contributed by atoms with E-state index in [2.05, 4.69) is 14.9 Å². The number of carbonyl (C=O) groups excluding carboxylic acids is 1. The summed E-state index contributed by atoms with van der Waals surface area (Å²) in [5.41, 5.74) is 2.84. The van der Waals surface area contributed by atoms with Crippen LogP contribution in [0, 0.1) is 0 Å². The Morgan fingerprint density at radius 3 is 2.48 bits per heavy atom. The van der Waals surface area contributed by atoms with E-state index in [4.69, 9.17) is 11.6 Å². The number of nitrogens with zero attached hydrogens (tertiary/aromatic N) is 1. The Morgan fingerprint density at radius 2 is 1.72 bits per heavy atom. The smallest absolute Gasteiger partial charge is 0.261 e. The third kappa shape index (κ3) is 4.51. The van der Waals surface area contributed by atoms with Gasteiger partial charge < -0.3 is 10.2 Å². The molecule has 2 aliphatic rings. The normalized spacial score (nSPS) is 17.3. The highest BCUT2D eigenvalue weighted by molar-refractivity contribution is 7.92. The van der Waals surface area contributed by atoms with Crippen molar-refractivity contribution in [3.05, 3.63) is 47.0 Å². The van der Waals surface area contributed by atoms with Crippen LogP contribution in [0.2, 0.25) is 5.02 Å². The van der Waals surface area contributed by atoms with E-state index in [0.717, 1.165) is 37.2 Å². The molecule has 1 amide bonds. The third-order valence-electron chi connectivity index (χ3n) is 5.43. The quantitative estimate of drug-likeness (QED) is 0.748. The molecule has 0 aliphatic carbocycles. The second kappa shape index (κ2) is 8.24. The van der Waals surface area contributed by atoms with Gasteiger partial charge in [0.15, 0.2) is 0 Å². The van der Waals surface area contributed by atoms with Gasteiger partial charge in [-0.2, -0.15) is 0 Å². The molecule has 0 bridgehead atoms. The van der Waals surface area contributed by atoms with Crippen molar-refractivity contribution in [1.29, 1.82) is 0 Å². The van der Waals surface area contributed by atoms with Crippen molar-refractivity contribution in [3.63, 3.8) is 0 Å². The van der Waals surface area contributed by atoms with Crippen molar-refractivity contribution in [2.45, 2.75) is 43.4 Å². The van der Waals surface area contributed by atoms with Crippen molar-refractivity contribution >= 4 is 44.6 Å². The Morgan fingerprint density at radius 1 is 0.966 bits per heavy atom. The first-order valence-corrected chi connectivity index (χ1v) is 11.8. The minimum absolute atomic E-state index is 0.0488. The molecule has 0 atom stereocenters. The highest BCUT2D eigenvalue weighted by atomic mass is 35.5. The number of fused-ring (bicyclic) bond motifs is 1. The van der Waals surface area contributed by atoms with E-state index in [0.29, 0.717) is 29.2 Å². The van der Waals surface area contributed by atoms with Crippen LogP contribution in [0.4, 0.5) is 17.1 Å². The van der Waals surface area contributed by atoms with Crippen LogP contribution in [0.15, 0.2) is 41.3 Å². The van der Waals surface area contributed by atoms with Gasteiger partial charge in [0.25, 0.3) is 10.0 Å². The van der Waals surface area contributed by atoms with Crippen molar-refractivity contribution in [2.75, 3.05) is 28.0 Å². The van der Waals surface area contributed by atoms with Crippen LogP contribution < -0.4 is 14.9 Å². The second-order valence-corrected chi connectivity index (χ2v) is 9.65. The van der Waals surface area contributed by atoms with E-state index in [-0.39, 0.29) is 10.8 Å². The van der Waals surface area contributed by atoms with E-state index in [1.165, 1.54) is 18.9 Å². The van der Waals surface area contributed by atoms with Crippen molar-refractivity contribution in [3.8, 4) is 0 Å². The number of anilines is 3. The second-order valence-electron chi connectivity index (χ2n) is 7.54. The van der Waals surface area contributed by atoms with Crippen LogP contribution in [0.25, 0.3) is 0 Å². The summed E-state index contributed by atoms with van der Waals surface area (Å²) in [5.74, 6) is -0.0488. The van der Waals surface area contributed by atoms with Gasteiger partial charge >= 0.3 is 0 Å². The number of hydrogen-bond acceptors (Lipinski definition) is 4. The number of amides is 1. The highest BCUT2D eigenvalue weighted by Gasteiger charge is 2.22. The van der Waals surface area contributed by atoms with Crippen molar-refractivity contribution in [2.24, 2.45) is 0 Å². The van der Waals surface area contributed by atoms with Gasteiger partial charge in [0.1, 0.15) is 0 Å². The lowest BCUT2D eigenvalue weighted by Crippen LogP contribution is -2.26. The maximum atomic E-state index is 13.1. The minimum Gasteiger partial charge on any atom is -0.370 e. The predicted molar refractivity (Wildman–Crippen MR) is 116 cm³/mol. The lowest BCUT2D eigenvalue weighted by Gasteiger charge is -2.26. The number of rotatable bonds is 4. The van der Waals surface area contributed by atoms with Crippen molar-refractivity contribution in [1.82, 2.24) is 0 Å². The fourth-order valence-corrected chi connectivity index (χ4v) is 5.20. The number of benzene rings is 2. The molecule has 29 heavy (non-hydrogen) atoms. The molecule has 0 unspecified atom stereocenters.